The zero-order valence-corrected chi connectivity index (χ0v) is 15.4. The molecular formula is C18H16N2O3S2. The summed E-state index contributed by atoms with van der Waals surface area (Å²) in [6.45, 7) is 3.32. The lowest BCUT2D eigenvalue weighted by molar-refractivity contribution is -0.114. The Bertz CT molecular complexity index is 901. The van der Waals surface area contributed by atoms with Gasteiger partial charge in [0.1, 0.15) is 11.6 Å². The van der Waals surface area contributed by atoms with Gasteiger partial charge < -0.3 is 10.1 Å². The van der Waals surface area contributed by atoms with Gasteiger partial charge in [0.15, 0.2) is 0 Å². The zero-order valence-electron chi connectivity index (χ0n) is 13.7. The van der Waals surface area contributed by atoms with E-state index >= 15 is 0 Å². The smallest absolute Gasteiger partial charge is 0.340 e. The fraction of sp³-hybridized carbons (Fsp3) is 0.167. The van der Waals surface area contributed by atoms with Crippen molar-refractivity contribution in [3.05, 3.63) is 57.2 Å². The second-order valence-electron chi connectivity index (χ2n) is 5.41. The number of esters is 1. The Morgan fingerprint density at radius 3 is 2.80 bits per heavy atom. The van der Waals surface area contributed by atoms with Crippen LogP contribution in [-0.2, 0) is 16.1 Å². The fourth-order valence-corrected chi connectivity index (χ4v) is 3.81. The number of thiazole rings is 1. The van der Waals surface area contributed by atoms with Crippen molar-refractivity contribution in [2.75, 3.05) is 5.32 Å². The van der Waals surface area contributed by atoms with Crippen LogP contribution in [0.3, 0.4) is 0 Å². The number of hydrogen-bond acceptors (Lipinski definition) is 6. The standard InChI is InChI=1S/C18H16N2O3S2/c1-11-4-3-5-15(16(11)19-12(2)21)18(22)23-8-14-10-25-17(20-14)13-6-7-24-9-13/h3-7,9-10H,8H2,1-2H3,(H,19,21). The third-order valence-electron chi connectivity index (χ3n) is 3.46. The van der Waals surface area contributed by atoms with Gasteiger partial charge in [0, 0.05) is 23.2 Å². The molecule has 1 N–H and O–H groups in total. The first kappa shape index (κ1) is 17.3. The number of thiophene rings is 1. The lowest BCUT2D eigenvalue weighted by atomic mass is 10.1. The van der Waals surface area contributed by atoms with Crippen LogP contribution < -0.4 is 5.32 Å². The van der Waals surface area contributed by atoms with Crippen LogP contribution in [0.25, 0.3) is 10.6 Å². The molecule has 0 unspecified atom stereocenters. The van der Waals surface area contributed by atoms with Crippen LogP contribution in [0.2, 0.25) is 0 Å². The van der Waals surface area contributed by atoms with Gasteiger partial charge in [-0.15, -0.1) is 11.3 Å². The second-order valence-corrected chi connectivity index (χ2v) is 7.05. The first-order valence-corrected chi connectivity index (χ1v) is 9.38. The molecular weight excluding hydrogens is 356 g/mol. The van der Waals surface area contributed by atoms with Crippen LogP contribution >= 0.6 is 22.7 Å². The van der Waals surface area contributed by atoms with Crippen LogP contribution in [0.4, 0.5) is 5.69 Å². The number of aromatic nitrogens is 1. The van der Waals surface area contributed by atoms with Crippen LogP contribution in [0.5, 0.6) is 0 Å². The van der Waals surface area contributed by atoms with Crippen molar-refractivity contribution in [2.45, 2.75) is 20.5 Å². The number of anilines is 1. The molecule has 2 aromatic heterocycles. The largest absolute Gasteiger partial charge is 0.455 e. The first-order valence-electron chi connectivity index (χ1n) is 7.56. The van der Waals surface area contributed by atoms with E-state index in [9.17, 15) is 9.59 Å². The number of ether oxygens (including phenoxy) is 1. The lowest BCUT2D eigenvalue weighted by Crippen LogP contribution is -2.14. The summed E-state index contributed by atoms with van der Waals surface area (Å²) in [5.74, 6) is -0.721. The molecule has 3 rings (SSSR count). The van der Waals surface area contributed by atoms with Crippen molar-refractivity contribution in [1.82, 2.24) is 4.98 Å². The van der Waals surface area contributed by atoms with E-state index in [4.69, 9.17) is 4.74 Å². The Balaban J connectivity index is 1.71. The highest BCUT2D eigenvalue weighted by atomic mass is 32.1. The van der Waals surface area contributed by atoms with E-state index in [0.717, 1.165) is 16.1 Å². The van der Waals surface area contributed by atoms with Crippen molar-refractivity contribution in [3.63, 3.8) is 0 Å². The molecule has 7 heteroatoms. The average Bonchev–Trinajstić information content (AvgIpc) is 3.25. The molecule has 25 heavy (non-hydrogen) atoms. The molecule has 0 aliphatic rings. The molecule has 1 amide bonds. The summed E-state index contributed by atoms with van der Waals surface area (Å²) in [6, 6.07) is 7.23. The molecule has 0 aliphatic heterocycles. The summed E-state index contributed by atoms with van der Waals surface area (Å²) in [5, 5.41) is 9.50. The van der Waals surface area contributed by atoms with Gasteiger partial charge in [0.2, 0.25) is 5.91 Å². The van der Waals surface area contributed by atoms with Gasteiger partial charge >= 0.3 is 5.97 Å². The number of para-hydroxylation sites is 1. The van der Waals surface area contributed by atoms with Gasteiger partial charge in [-0.1, -0.05) is 12.1 Å². The number of aryl methyl sites for hydroxylation is 1. The second kappa shape index (κ2) is 7.58. The molecule has 2 heterocycles. The van der Waals surface area contributed by atoms with Crippen molar-refractivity contribution in [3.8, 4) is 10.6 Å². The van der Waals surface area contributed by atoms with Crippen LogP contribution in [0.1, 0.15) is 28.5 Å². The van der Waals surface area contributed by atoms with E-state index in [-0.39, 0.29) is 12.5 Å². The summed E-state index contributed by atoms with van der Waals surface area (Å²) in [7, 11) is 0. The highest BCUT2D eigenvalue weighted by molar-refractivity contribution is 7.14. The molecule has 128 valence electrons. The maximum atomic E-state index is 12.4. The van der Waals surface area contributed by atoms with Crippen LogP contribution in [0.15, 0.2) is 40.4 Å². The molecule has 0 saturated carbocycles. The predicted molar refractivity (Wildman–Crippen MR) is 100 cm³/mol. The molecule has 1 aromatic carbocycles. The molecule has 0 atom stereocenters. The topological polar surface area (TPSA) is 68.3 Å². The fourth-order valence-electron chi connectivity index (χ4n) is 2.29. The lowest BCUT2D eigenvalue weighted by Gasteiger charge is -2.12. The van der Waals surface area contributed by atoms with Crippen molar-refractivity contribution in [1.29, 1.82) is 0 Å². The third kappa shape index (κ3) is 4.12. The number of rotatable bonds is 5. The van der Waals surface area contributed by atoms with Gasteiger partial charge in [-0.05, 0) is 30.0 Å². The van der Waals surface area contributed by atoms with E-state index in [2.05, 4.69) is 10.3 Å². The summed E-state index contributed by atoms with van der Waals surface area (Å²) in [6.07, 6.45) is 0. The Morgan fingerprint density at radius 2 is 2.08 bits per heavy atom. The quantitative estimate of drug-likeness (QED) is 0.670. The molecule has 0 radical (unpaired) electrons. The Kier molecular flexibility index (Phi) is 5.25. The first-order chi connectivity index (χ1) is 12.0. The van der Waals surface area contributed by atoms with Gasteiger partial charge in [-0.2, -0.15) is 11.3 Å². The molecule has 0 bridgehead atoms. The van der Waals surface area contributed by atoms with Crippen molar-refractivity contribution in [2.24, 2.45) is 0 Å². The predicted octanol–water partition coefficient (Wildman–Crippen LogP) is 4.50. The summed E-state index contributed by atoms with van der Waals surface area (Å²) in [4.78, 5) is 28.3. The molecule has 0 spiro atoms. The minimum Gasteiger partial charge on any atom is -0.455 e. The highest BCUT2D eigenvalue weighted by Crippen LogP contribution is 2.26. The Labute approximate surface area is 153 Å². The van der Waals surface area contributed by atoms with E-state index < -0.39 is 5.97 Å². The number of nitrogens with zero attached hydrogens (tertiary/aromatic N) is 1. The molecule has 3 aromatic rings. The summed E-state index contributed by atoms with van der Waals surface area (Å²) in [5.41, 5.74) is 3.39. The van der Waals surface area contributed by atoms with E-state index in [0.29, 0.717) is 16.9 Å². The Morgan fingerprint density at radius 1 is 1.24 bits per heavy atom. The van der Waals surface area contributed by atoms with Gasteiger partial charge in [-0.3, -0.25) is 4.79 Å². The zero-order chi connectivity index (χ0) is 17.8. The number of hydrogen-bond donors (Lipinski definition) is 1. The van der Waals surface area contributed by atoms with Crippen LogP contribution in [0, 0.1) is 6.92 Å². The molecule has 0 aliphatic carbocycles. The SMILES string of the molecule is CC(=O)Nc1c(C)cccc1C(=O)OCc1csc(-c2ccsc2)n1. The average molecular weight is 372 g/mol. The maximum Gasteiger partial charge on any atom is 0.340 e. The monoisotopic (exact) mass is 372 g/mol. The molecule has 0 saturated heterocycles. The number of carbonyl (C=O) groups excluding carboxylic acids is 2. The van der Waals surface area contributed by atoms with Crippen molar-refractivity contribution < 1.29 is 14.3 Å². The normalized spacial score (nSPS) is 10.5. The minimum atomic E-state index is -0.488. The van der Waals surface area contributed by atoms with E-state index in [1.807, 2.05) is 35.2 Å². The van der Waals surface area contributed by atoms with Gasteiger partial charge in [0.25, 0.3) is 0 Å². The van der Waals surface area contributed by atoms with E-state index in [1.165, 1.54) is 18.3 Å². The third-order valence-corrected chi connectivity index (χ3v) is 5.09. The minimum absolute atomic E-state index is 0.0902. The maximum absolute atomic E-state index is 12.4. The molecule has 5 nitrogen and oxygen atoms in total. The van der Waals surface area contributed by atoms with E-state index in [1.54, 1.807) is 23.5 Å². The van der Waals surface area contributed by atoms with Crippen molar-refractivity contribution >= 4 is 40.2 Å². The number of benzene rings is 1. The van der Waals surface area contributed by atoms with Gasteiger partial charge in [0.05, 0.1) is 16.9 Å². The molecule has 0 fully saturated rings. The summed E-state index contributed by atoms with van der Waals surface area (Å²) >= 11 is 3.13. The Hall–Kier alpha value is -2.51. The van der Waals surface area contributed by atoms with Crippen LogP contribution in [-0.4, -0.2) is 16.9 Å². The van der Waals surface area contributed by atoms with Gasteiger partial charge in [-0.25, -0.2) is 9.78 Å². The highest BCUT2D eigenvalue weighted by Gasteiger charge is 2.16. The number of nitrogens with one attached hydrogen (secondary N) is 1. The number of amides is 1. The number of carbonyl (C=O) groups is 2. The summed E-state index contributed by atoms with van der Waals surface area (Å²) < 4.78 is 5.38.